The third kappa shape index (κ3) is 3.60. The van der Waals surface area contributed by atoms with Crippen molar-refractivity contribution in [2.75, 3.05) is 13.1 Å². The molecule has 0 bridgehead atoms. The Morgan fingerprint density at radius 3 is 2.75 bits per heavy atom. The molecule has 1 unspecified atom stereocenters. The van der Waals surface area contributed by atoms with E-state index in [0.717, 1.165) is 46.2 Å². The van der Waals surface area contributed by atoms with E-state index in [1.165, 1.54) is 0 Å². The SMILES string of the molecule is Cc1cc(COc2ccc(C3CCN(CC=O)C3=O)cc2)c2ccccc2n1. The molecule has 4 rings (SSSR count). The first-order valence-electron chi connectivity index (χ1n) is 9.46. The van der Waals surface area contributed by atoms with Crippen LogP contribution in [0, 0.1) is 6.92 Å². The van der Waals surface area contributed by atoms with E-state index >= 15 is 0 Å². The molecule has 5 heteroatoms. The lowest BCUT2D eigenvalue weighted by atomic mass is 9.98. The summed E-state index contributed by atoms with van der Waals surface area (Å²) >= 11 is 0. The van der Waals surface area contributed by atoms with Gasteiger partial charge < -0.3 is 14.4 Å². The van der Waals surface area contributed by atoms with Gasteiger partial charge in [-0.3, -0.25) is 9.78 Å². The quantitative estimate of drug-likeness (QED) is 0.618. The topological polar surface area (TPSA) is 59.5 Å². The van der Waals surface area contributed by atoms with Crippen molar-refractivity contribution in [3.8, 4) is 5.75 Å². The highest BCUT2D eigenvalue weighted by Gasteiger charge is 2.32. The molecule has 1 aliphatic heterocycles. The molecule has 1 saturated heterocycles. The Morgan fingerprint density at radius 1 is 1.18 bits per heavy atom. The lowest BCUT2D eigenvalue weighted by Crippen LogP contribution is -2.28. The number of nitrogens with zero attached hydrogens (tertiary/aromatic N) is 2. The third-order valence-electron chi connectivity index (χ3n) is 5.20. The van der Waals surface area contributed by atoms with Crippen molar-refractivity contribution in [2.24, 2.45) is 0 Å². The van der Waals surface area contributed by atoms with Crippen LogP contribution in [0.2, 0.25) is 0 Å². The number of aromatic nitrogens is 1. The molecule has 0 radical (unpaired) electrons. The van der Waals surface area contributed by atoms with E-state index in [1.807, 2.05) is 49.4 Å². The number of amides is 1. The largest absolute Gasteiger partial charge is 0.489 e. The molecule has 0 saturated carbocycles. The van der Waals surface area contributed by atoms with Gasteiger partial charge in [0.15, 0.2) is 0 Å². The van der Waals surface area contributed by atoms with Crippen LogP contribution in [0.25, 0.3) is 10.9 Å². The first-order chi connectivity index (χ1) is 13.7. The standard InChI is InChI=1S/C23H22N2O3/c1-16-14-18(20-4-2-3-5-22(20)24-16)15-28-19-8-6-17(7-9-19)21-10-11-25(12-13-26)23(21)27/h2-9,13-14,21H,10-12,15H2,1H3. The maximum Gasteiger partial charge on any atom is 0.230 e. The molecular formula is C23H22N2O3. The number of carbonyl (C=O) groups excluding carboxylic acids is 2. The summed E-state index contributed by atoms with van der Waals surface area (Å²) in [5.74, 6) is 0.623. The van der Waals surface area contributed by atoms with E-state index in [9.17, 15) is 9.59 Å². The minimum atomic E-state index is -0.166. The lowest BCUT2D eigenvalue weighted by molar-refractivity contribution is -0.130. The molecule has 1 amide bonds. The fourth-order valence-corrected chi connectivity index (χ4v) is 3.79. The molecule has 142 valence electrons. The van der Waals surface area contributed by atoms with Gasteiger partial charge in [-0.15, -0.1) is 0 Å². The molecule has 0 spiro atoms. The van der Waals surface area contributed by atoms with Crippen molar-refractivity contribution in [3.05, 3.63) is 71.4 Å². The Labute approximate surface area is 163 Å². The zero-order chi connectivity index (χ0) is 19.5. The van der Waals surface area contributed by atoms with Gasteiger partial charge in [0.25, 0.3) is 0 Å². The second kappa shape index (κ2) is 7.80. The van der Waals surface area contributed by atoms with Crippen LogP contribution >= 0.6 is 0 Å². The summed E-state index contributed by atoms with van der Waals surface area (Å²) in [5, 5.41) is 1.09. The number of para-hydroxylation sites is 1. The van der Waals surface area contributed by atoms with Gasteiger partial charge in [-0.25, -0.2) is 0 Å². The van der Waals surface area contributed by atoms with Crippen molar-refractivity contribution in [3.63, 3.8) is 0 Å². The second-order valence-corrected chi connectivity index (χ2v) is 7.09. The van der Waals surface area contributed by atoms with Crippen molar-refractivity contribution >= 4 is 23.1 Å². The summed E-state index contributed by atoms with van der Waals surface area (Å²) in [4.78, 5) is 29.2. The highest BCUT2D eigenvalue weighted by Crippen LogP contribution is 2.30. The van der Waals surface area contributed by atoms with E-state index in [0.29, 0.717) is 13.2 Å². The van der Waals surface area contributed by atoms with Crippen LogP contribution in [0.3, 0.4) is 0 Å². The van der Waals surface area contributed by atoms with Crippen molar-refractivity contribution in [1.82, 2.24) is 9.88 Å². The number of aldehydes is 1. The van der Waals surface area contributed by atoms with Gasteiger partial charge in [0.1, 0.15) is 18.6 Å². The first-order valence-corrected chi connectivity index (χ1v) is 9.46. The van der Waals surface area contributed by atoms with Crippen molar-refractivity contribution in [1.29, 1.82) is 0 Å². The van der Waals surface area contributed by atoms with E-state index in [-0.39, 0.29) is 18.4 Å². The number of aryl methyl sites for hydroxylation is 1. The minimum absolute atomic E-state index is 0.0273. The highest BCUT2D eigenvalue weighted by atomic mass is 16.5. The van der Waals surface area contributed by atoms with Gasteiger partial charge in [0.2, 0.25) is 5.91 Å². The zero-order valence-corrected chi connectivity index (χ0v) is 15.8. The van der Waals surface area contributed by atoms with Gasteiger partial charge in [0.05, 0.1) is 18.0 Å². The number of fused-ring (bicyclic) bond motifs is 1. The average Bonchev–Trinajstić information content (AvgIpc) is 3.07. The Hall–Kier alpha value is -3.21. The predicted molar refractivity (Wildman–Crippen MR) is 107 cm³/mol. The van der Waals surface area contributed by atoms with Gasteiger partial charge in [-0.2, -0.15) is 0 Å². The molecule has 28 heavy (non-hydrogen) atoms. The zero-order valence-electron chi connectivity index (χ0n) is 15.8. The normalized spacial score (nSPS) is 16.5. The van der Waals surface area contributed by atoms with Gasteiger partial charge in [-0.1, -0.05) is 30.3 Å². The molecule has 3 aromatic rings. The number of pyridine rings is 1. The fourth-order valence-electron chi connectivity index (χ4n) is 3.79. The van der Waals surface area contributed by atoms with Gasteiger partial charge >= 0.3 is 0 Å². The molecular weight excluding hydrogens is 352 g/mol. The smallest absolute Gasteiger partial charge is 0.230 e. The summed E-state index contributed by atoms with van der Waals surface area (Å²) in [6, 6.07) is 17.8. The van der Waals surface area contributed by atoms with Crippen LogP contribution in [0.4, 0.5) is 0 Å². The molecule has 0 aliphatic carbocycles. The van der Waals surface area contributed by atoms with Crippen LogP contribution < -0.4 is 4.74 Å². The van der Waals surface area contributed by atoms with Crippen LogP contribution in [0.5, 0.6) is 5.75 Å². The van der Waals surface area contributed by atoms with Crippen molar-refractivity contribution in [2.45, 2.75) is 25.9 Å². The number of hydrogen-bond acceptors (Lipinski definition) is 4. The fraction of sp³-hybridized carbons (Fsp3) is 0.261. The number of carbonyl (C=O) groups is 2. The second-order valence-electron chi connectivity index (χ2n) is 7.09. The number of hydrogen-bond donors (Lipinski definition) is 0. The number of rotatable bonds is 6. The Balaban J connectivity index is 1.46. The number of likely N-dealkylation sites (tertiary alicyclic amines) is 1. The lowest BCUT2D eigenvalue weighted by Gasteiger charge is -2.14. The molecule has 5 nitrogen and oxygen atoms in total. The van der Waals surface area contributed by atoms with Crippen LogP contribution in [-0.4, -0.2) is 35.2 Å². The van der Waals surface area contributed by atoms with Gasteiger partial charge in [-0.05, 0) is 43.2 Å². The molecule has 1 aromatic heterocycles. The molecule has 1 fully saturated rings. The van der Waals surface area contributed by atoms with E-state index < -0.39 is 0 Å². The molecule has 1 aliphatic rings. The first kappa shape index (κ1) is 18.2. The summed E-state index contributed by atoms with van der Waals surface area (Å²) in [6.07, 6.45) is 1.52. The molecule has 1 atom stereocenters. The number of benzene rings is 2. The van der Waals surface area contributed by atoms with E-state index in [2.05, 4.69) is 17.1 Å². The average molecular weight is 374 g/mol. The highest BCUT2D eigenvalue weighted by molar-refractivity contribution is 5.87. The predicted octanol–water partition coefficient (Wildman–Crippen LogP) is 3.64. The Morgan fingerprint density at radius 2 is 1.96 bits per heavy atom. The maximum absolute atomic E-state index is 12.4. The Bertz CT molecular complexity index is 1010. The van der Waals surface area contributed by atoms with Crippen LogP contribution in [0.15, 0.2) is 54.6 Å². The molecule has 2 heterocycles. The van der Waals surface area contributed by atoms with Gasteiger partial charge in [0, 0.05) is 23.2 Å². The number of ether oxygens (including phenoxy) is 1. The molecule has 0 N–H and O–H groups in total. The third-order valence-corrected chi connectivity index (χ3v) is 5.20. The summed E-state index contributed by atoms with van der Waals surface area (Å²) in [7, 11) is 0. The molecule has 2 aromatic carbocycles. The van der Waals surface area contributed by atoms with E-state index in [4.69, 9.17) is 4.74 Å². The summed E-state index contributed by atoms with van der Waals surface area (Å²) < 4.78 is 5.99. The van der Waals surface area contributed by atoms with E-state index in [1.54, 1.807) is 4.90 Å². The monoisotopic (exact) mass is 374 g/mol. The van der Waals surface area contributed by atoms with Crippen LogP contribution in [-0.2, 0) is 16.2 Å². The van der Waals surface area contributed by atoms with Crippen molar-refractivity contribution < 1.29 is 14.3 Å². The van der Waals surface area contributed by atoms with Crippen LogP contribution in [0.1, 0.15) is 29.2 Å². The Kier molecular flexibility index (Phi) is 5.06. The maximum atomic E-state index is 12.4. The summed E-state index contributed by atoms with van der Waals surface area (Å²) in [6.45, 7) is 3.25. The summed E-state index contributed by atoms with van der Waals surface area (Å²) in [5.41, 5.74) is 4.00. The minimum Gasteiger partial charge on any atom is -0.489 e.